The molecule has 0 aliphatic carbocycles. The van der Waals surface area contributed by atoms with Crippen LogP contribution in [-0.4, -0.2) is 40.9 Å². The van der Waals surface area contributed by atoms with Crippen LogP contribution in [0.4, 0.5) is 5.69 Å². The maximum atomic E-state index is 12.8. The summed E-state index contributed by atoms with van der Waals surface area (Å²) in [6.45, 7) is 2.27. The van der Waals surface area contributed by atoms with E-state index in [0.29, 0.717) is 18.7 Å². The molecule has 0 saturated carbocycles. The smallest absolute Gasteiger partial charge is 0.311 e. The van der Waals surface area contributed by atoms with Gasteiger partial charge in [0.05, 0.1) is 11.3 Å². The van der Waals surface area contributed by atoms with E-state index in [-0.39, 0.29) is 24.8 Å². The first-order valence-electron chi connectivity index (χ1n) is 7.32. The normalized spacial score (nSPS) is 27.2. The molecular weight excluding hydrogens is 284 g/mol. The number of hydrogen-bond acceptors (Lipinski definition) is 3. The highest BCUT2D eigenvalue weighted by atomic mass is 16.4. The molecule has 2 aliphatic heterocycles. The highest BCUT2D eigenvalue weighted by Gasteiger charge is 2.44. The summed E-state index contributed by atoms with van der Waals surface area (Å²) < 4.78 is 0. The standard InChI is InChI=1S/C16H18N2O4/c1-16(15(21)22)6-7-18(9-16)14(20)11-8-13(19)17-12-5-3-2-4-10(11)12/h2-5,11H,6-9H2,1H3,(H,17,19)(H,21,22). The van der Waals surface area contributed by atoms with Crippen LogP contribution in [0.3, 0.4) is 0 Å². The third-order valence-electron chi connectivity index (χ3n) is 4.60. The van der Waals surface area contributed by atoms with Gasteiger partial charge in [-0.15, -0.1) is 0 Å². The van der Waals surface area contributed by atoms with Gasteiger partial charge in [-0.25, -0.2) is 0 Å². The summed E-state index contributed by atoms with van der Waals surface area (Å²) in [6.07, 6.45) is 0.546. The molecule has 2 N–H and O–H groups in total. The molecule has 2 amide bonds. The van der Waals surface area contributed by atoms with E-state index >= 15 is 0 Å². The van der Waals surface area contributed by atoms with E-state index in [1.54, 1.807) is 17.9 Å². The number of hydrogen-bond donors (Lipinski definition) is 2. The average molecular weight is 302 g/mol. The van der Waals surface area contributed by atoms with Gasteiger partial charge in [0.15, 0.2) is 0 Å². The Balaban J connectivity index is 1.85. The number of carbonyl (C=O) groups excluding carboxylic acids is 2. The number of anilines is 1. The Morgan fingerprint density at radius 1 is 1.36 bits per heavy atom. The molecule has 22 heavy (non-hydrogen) atoms. The van der Waals surface area contributed by atoms with Gasteiger partial charge in [0.2, 0.25) is 11.8 Å². The van der Waals surface area contributed by atoms with Gasteiger partial charge in [0, 0.05) is 25.2 Å². The third-order valence-corrected chi connectivity index (χ3v) is 4.60. The second-order valence-electron chi connectivity index (χ2n) is 6.27. The van der Waals surface area contributed by atoms with Crippen molar-refractivity contribution in [1.82, 2.24) is 4.90 Å². The third kappa shape index (κ3) is 2.34. The fraction of sp³-hybridized carbons (Fsp3) is 0.438. The lowest BCUT2D eigenvalue weighted by atomic mass is 9.88. The Kier molecular flexibility index (Phi) is 3.39. The summed E-state index contributed by atoms with van der Waals surface area (Å²) in [5.74, 6) is -1.75. The molecule has 0 spiro atoms. The lowest BCUT2D eigenvalue weighted by Crippen LogP contribution is -2.39. The minimum atomic E-state index is -0.897. The van der Waals surface area contributed by atoms with Crippen molar-refractivity contribution < 1.29 is 19.5 Å². The molecule has 2 atom stereocenters. The second-order valence-corrected chi connectivity index (χ2v) is 6.27. The first kappa shape index (κ1) is 14.6. The zero-order valence-electron chi connectivity index (χ0n) is 12.3. The molecule has 1 fully saturated rings. The molecule has 6 nitrogen and oxygen atoms in total. The minimum absolute atomic E-state index is 0.107. The van der Waals surface area contributed by atoms with Gasteiger partial charge in [0.1, 0.15) is 0 Å². The number of likely N-dealkylation sites (tertiary alicyclic amines) is 1. The molecule has 0 aromatic heterocycles. The summed E-state index contributed by atoms with van der Waals surface area (Å²) >= 11 is 0. The summed E-state index contributed by atoms with van der Waals surface area (Å²) in [5, 5.41) is 12.0. The number of carboxylic acids is 1. The average Bonchev–Trinajstić information content (AvgIpc) is 2.89. The number of para-hydroxylation sites is 1. The lowest BCUT2D eigenvalue weighted by Gasteiger charge is -2.29. The lowest BCUT2D eigenvalue weighted by molar-refractivity contribution is -0.147. The molecule has 0 bridgehead atoms. The van der Waals surface area contributed by atoms with Crippen LogP contribution in [0.25, 0.3) is 0 Å². The van der Waals surface area contributed by atoms with Gasteiger partial charge in [-0.3, -0.25) is 14.4 Å². The van der Waals surface area contributed by atoms with Crippen molar-refractivity contribution in [3.63, 3.8) is 0 Å². The van der Waals surface area contributed by atoms with E-state index in [1.165, 1.54) is 0 Å². The van der Waals surface area contributed by atoms with Crippen molar-refractivity contribution in [2.75, 3.05) is 18.4 Å². The quantitative estimate of drug-likeness (QED) is 0.865. The molecular formula is C16H18N2O4. The van der Waals surface area contributed by atoms with Crippen LogP contribution in [0.15, 0.2) is 24.3 Å². The van der Waals surface area contributed by atoms with Gasteiger partial charge >= 0.3 is 5.97 Å². The molecule has 116 valence electrons. The number of fused-ring (bicyclic) bond motifs is 1. The highest BCUT2D eigenvalue weighted by molar-refractivity contribution is 6.01. The van der Waals surface area contributed by atoms with Crippen molar-refractivity contribution in [1.29, 1.82) is 0 Å². The number of carboxylic acid groups (broad SMARTS) is 1. The van der Waals surface area contributed by atoms with Crippen molar-refractivity contribution in [3.05, 3.63) is 29.8 Å². The first-order valence-corrected chi connectivity index (χ1v) is 7.32. The molecule has 1 aromatic carbocycles. The van der Waals surface area contributed by atoms with Gasteiger partial charge in [-0.2, -0.15) is 0 Å². The molecule has 0 radical (unpaired) electrons. The SMILES string of the molecule is CC1(C(=O)O)CCN(C(=O)C2CC(=O)Nc3ccccc32)C1. The van der Waals surface area contributed by atoms with Crippen LogP contribution >= 0.6 is 0 Å². The van der Waals surface area contributed by atoms with E-state index in [9.17, 15) is 19.5 Å². The van der Waals surface area contributed by atoms with Crippen LogP contribution in [0.5, 0.6) is 0 Å². The maximum Gasteiger partial charge on any atom is 0.311 e. The topological polar surface area (TPSA) is 86.7 Å². The Hall–Kier alpha value is -2.37. The Bertz CT molecular complexity index is 657. The Morgan fingerprint density at radius 3 is 2.77 bits per heavy atom. The van der Waals surface area contributed by atoms with E-state index in [2.05, 4.69) is 5.32 Å². The van der Waals surface area contributed by atoms with Crippen molar-refractivity contribution in [3.8, 4) is 0 Å². The van der Waals surface area contributed by atoms with Gasteiger partial charge in [-0.1, -0.05) is 18.2 Å². The van der Waals surface area contributed by atoms with Gasteiger partial charge in [0.25, 0.3) is 0 Å². The fourth-order valence-corrected chi connectivity index (χ4v) is 3.18. The number of nitrogens with one attached hydrogen (secondary N) is 1. The Labute approximate surface area is 128 Å². The van der Waals surface area contributed by atoms with Crippen LogP contribution in [-0.2, 0) is 14.4 Å². The van der Waals surface area contributed by atoms with Crippen LogP contribution < -0.4 is 5.32 Å². The minimum Gasteiger partial charge on any atom is -0.481 e. The molecule has 6 heteroatoms. The predicted octanol–water partition coefficient (Wildman–Crippen LogP) is 1.44. The number of amides is 2. The number of rotatable bonds is 2. The van der Waals surface area contributed by atoms with E-state index in [4.69, 9.17) is 0 Å². The summed E-state index contributed by atoms with van der Waals surface area (Å²) in [6, 6.07) is 7.26. The van der Waals surface area contributed by atoms with Crippen molar-refractivity contribution in [2.24, 2.45) is 5.41 Å². The van der Waals surface area contributed by atoms with Gasteiger partial charge < -0.3 is 15.3 Å². The van der Waals surface area contributed by atoms with E-state index in [0.717, 1.165) is 5.56 Å². The van der Waals surface area contributed by atoms with Crippen molar-refractivity contribution >= 4 is 23.5 Å². The van der Waals surface area contributed by atoms with Crippen LogP contribution in [0.2, 0.25) is 0 Å². The summed E-state index contributed by atoms with van der Waals surface area (Å²) in [5.41, 5.74) is 0.569. The van der Waals surface area contributed by atoms with Crippen LogP contribution in [0.1, 0.15) is 31.2 Å². The fourth-order valence-electron chi connectivity index (χ4n) is 3.18. The van der Waals surface area contributed by atoms with E-state index in [1.807, 2.05) is 18.2 Å². The zero-order valence-corrected chi connectivity index (χ0v) is 12.3. The number of nitrogens with zero attached hydrogens (tertiary/aromatic N) is 1. The van der Waals surface area contributed by atoms with Crippen LogP contribution in [0, 0.1) is 5.41 Å². The monoisotopic (exact) mass is 302 g/mol. The summed E-state index contributed by atoms with van der Waals surface area (Å²) in [7, 11) is 0. The van der Waals surface area contributed by atoms with Gasteiger partial charge in [-0.05, 0) is 25.0 Å². The largest absolute Gasteiger partial charge is 0.481 e. The highest BCUT2D eigenvalue weighted by Crippen LogP contribution is 2.37. The van der Waals surface area contributed by atoms with E-state index < -0.39 is 17.3 Å². The second kappa shape index (κ2) is 5.12. The molecule has 1 aromatic rings. The zero-order chi connectivity index (χ0) is 15.9. The van der Waals surface area contributed by atoms with Crippen molar-refractivity contribution in [2.45, 2.75) is 25.7 Å². The number of carbonyl (C=O) groups is 3. The molecule has 3 rings (SSSR count). The Morgan fingerprint density at radius 2 is 2.09 bits per heavy atom. The molecule has 2 aliphatic rings. The first-order chi connectivity index (χ1) is 10.4. The molecule has 2 heterocycles. The predicted molar refractivity (Wildman–Crippen MR) is 79.4 cm³/mol. The number of aliphatic carboxylic acids is 1. The number of benzene rings is 1. The molecule has 2 unspecified atom stereocenters. The summed E-state index contributed by atoms with van der Waals surface area (Å²) in [4.78, 5) is 37.5. The molecule has 1 saturated heterocycles. The maximum absolute atomic E-state index is 12.8.